The number of ether oxygens (including phenoxy) is 1. The highest BCUT2D eigenvalue weighted by Gasteiger charge is 2.19. The van der Waals surface area contributed by atoms with Gasteiger partial charge >= 0.3 is 5.97 Å². The Kier molecular flexibility index (Phi) is 4.85. The van der Waals surface area contributed by atoms with Gasteiger partial charge in [-0.1, -0.05) is 54.6 Å². The van der Waals surface area contributed by atoms with Crippen LogP contribution in [0.3, 0.4) is 0 Å². The zero-order valence-electron chi connectivity index (χ0n) is 11.8. The van der Waals surface area contributed by atoms with Gasteiger partial charge in [-0.3, -0.25) is 9.59 Å². The van der Waals surface area contributed by atoms with Crippen molar-refractivity contribution < 1.29 is 14.3 Å². The van der Waals surface area contributed by atoms with Gasteiger partial charge in [-0.25, -0.2) is 0 Å². The minimum atomic E-state index is -0.875. The highest BCUT2D eigenvalue weighted by molar-refractivity contribution is 6.01. The maximum atomic E-state index is 12.1. The molecule has 2 aromatic carbocycles. The van der Waals surface area contributed by atoms with Gasteiger partial charge in [0.2, 0.25) is 0 Å². The van der Waals surface area contributed by atoms with Gasteiger partial charge < -0.3 is 10.5 Å². The van der Waals surface area contributed by atoms with Crippen molar-refractivity contribution in [3.8, 4) is 11.1 Å². The summed E-state index contributed by atoms with van der Waals surface area (Å²) in [5.41, 5.74) is 8.32. The summed E-state index contributed by atoms with van der Waals surface area (Å²) in [5, 5.41) is 0. The average Bonchev–Trinajstić information content (AvgIpc) is 2.55. The van der Waals surface area contributed by atoms with E-state index >= 15 is 0 Å². The SMILES string of the molecule is COC(=O)CC(N)C(=O)c1ccc(-c2ccccc2)cc1. The van der Waals surface area contributed by atoms with E-state index < -0.39 is 12.0 Å². The number of benzene rings is 2. The fourth-order valence-electron chi connectivity index (χ4n) is 2.03. The molecule has 0 amide bonds. The third kappa shape index (κ3) is 3.77. The van der Waals surface area contributed by atoms with E-state index in [4.69, 9.17) is 5.73 Å². The number of hydrogen-bond donors (Lipinski definition) is 1. The first-order chi connectivity index (χ1) is 10.1. The summed E-state index contributed by atoms with van der Waals surface area (Å²) < 4.78 is 4.51. The van der Waals surface area contributed by atoms with Crippen molar-refractivity contribution >= 4 is 11.8 Å². The zero-order valence-corrected chi connectivity index (χ0v) is 11.8. The molecule has 108 valence electrons. The van der Waals surface area contributed by atoms with Gasteiger partial charge in [0.15, 0.2) is 5.78 Å². The van der Waals surface area contributed by atoms with Gasteiger partial charge in [0.25, 0.3) is 0 Å². The van der Waals surface area contributed by atoms with E-state index in [1.165, 1.54) is 7.11 Å². The van der Waals surface area contributed by atoms with E-state index in [2.05, 4.69) is 4.74 Å². The molecule has 0 aliphatic rings. The maximum Gasteiger partial charge on any atom is 0.307 e. The molecule has 0 radical (unpaired) electrons. The van der Waals surface area contributed by atoms with Gasteiger partial charge in [-0.05, 0) is 11.1 Å². The van der Waals surface area contributed by atoms with Crippen LogP contribution in [0.25, 0.3) is 11.1 Å². The lowest BCUT2D eigenvalue weighted by Crippen LogP contribution is -2.33. The number of ketones is 1. The summed E-state index contributed by atoms with van der Waals surface area (Å²) in [4.78, 5) is 23.3. The van der Waals surface area contributed by atoms with E-state index in [-0.39, 0.29) is 12.2 Å². The molecule has 1 unspecified atom stereocenters. The van der Waals surface area contributed by atoms with E-state index in [9.17, 15) is 9.59 Å². The lowest BCUT2D eigenvalue weighted by Gasteiger charge is -2.10. The quantitative estimate of drug-likeness (QED) is 0.676. The second-order valence-corrected chi connectivity index (χ2v) is 4.69. The number of nitrogens with two attached hydrogens (primary N) is 1. The first-order valence-corrected chi connectivity index (χ1v) is 6.64. The number of methoxy groups -OCH3 is 1. The van der Waals surface area contributed by atoms with Crippen LogP contribution in [-0.2, 0) is 9.53 Å². The normalized spacial score (nSPS) is 11.7. The van der Waals surface area contributed by atoms with Crippen LogP contribution in [0.5, 0.6) is 0 Å². The molecular weight excluding hydrogens is 266 g/mol. The van der Waals surface area contributed by atoms with Gasteiger partial charge in [0, 0.05) is 5.56 Å². The maximum absolute atomic E-state index is 12.1. The molecule has 0 saturated heterocycles. The molecule has 1 atom stereocenters. The molecule has 0 aliphatic carbocycles. The zero-order chi connectivity index (χ0) is 15.2. The smallest absolute Gasteiger partial charge is 0.307 e. The monoisotopic (exact) mass is 283 g/mol. The molecule has 0 aromatic heterocycles. The minimum absolute atomic E-state index is 0.115. The Morgan fingerprint density at radius 2 is 1.57 bits per heavy atom. The number of carbonyl (C=O) groups is 2. The fraction of sp³-hybridized carbons (Fsp3) is 0.176. The van der Waals surface area contributed by atoms with Gasteiger partial charge in [-0.15, -0.1) is 0 Å². The topological polar surface area (TPSA) is 69.4 Å². The summed E-state index contributed by atoms with van der Waals surface area (Å²) in [5.74, 6) is -0.753. The number of hydrogen-bond acceptors (Lipinski definition) is 4. The van der Waals surface area contributed by atoms with Crippen LogP contribution in [0.15, 0.2) is 54.6 Å². The Labute approximate surface area is 123 Å². The number of Topliss-reactive ketones (excluding diaryl/α,β-unsaturated/α-hetero) is 1. The predicted molar refractivity (Wildman–Crippen MR) is 80.8 cm³/mol. The molecule has 2 aromatic rings. The third-order valence-electron chi connectivity index (χ3n) is 3.23. The van der Waals surface area contributed by atoms with E-state index in [0.29, 0.717) is 5.56 Å². The highest BCUT2D eigenvalue weighted by atomic mass is 16.5. The minimum Gasteiger partial charge on any atom is -0.469 e. The molecule has 21 heavy (non-hydrogen) atoms. The second-order valence-electron chi connectivity index (χ2n) is 4.69. The van der Waals surface area contributed by atoms with Crippen molar-refractivity contribution in [1.29, 1.82) is 0 Å². The van der Waals surface area contributed by atoms with Gasteiger partial charge in [0.1, 0.15) is 0 Å². The molecule has 4 heteroatoms. The van der Waals surface area contributed by atoms with E-state index in [0.717, 1.165) is 11.1 Å². The third-order valence-corrected chi connectivity index (χ3v) is 3.23. The fourth-order valence-corrected chi connectivity index (χ4v) is 2.03. The van der Waals surface area contributed by atoms with Crippen molar-refractivity contribution in [3.05, 3.63) is 60.2 Å². The van der Waals surface area contributed by atoms with Crippen LogP contribution in [0.1, 0.15) is 16.8 Å². The Balaban J connectivity index is 2.12. The van der Waals surface area contributed by atoms with Gasteiger partial charge in [0.05, 0.1) is 19.6 Å². The van der Waals surface area contributed by atoms with Crippen LogP contribution in [0.4, 0.5) is 0 Å². The summed E-state index contributed by atoms with van der Waals surface area (Å²) in [7, 11) is 1.27. The molecule has 4 nitrogen and oxygen atoms in total. The number of esters is 1. The molecule has 0 heterocycles. The predicted octanol–water partition coefficient (Wildman–Crippen LogP) is 2.43. The van der Waals surface area contributed by atoms with E-state index in [1.807, 2.05) is 42.5 Å². The van der Waals surface area contributed by atoms with Crippen LogP contribution in [0, 0.1) is 0 Å². The molecular formula is C17H17NO3. The molecule has 0 fully saturated rings. The van der Waals surface area contributed by atoms with E-state index in [1.54, 1.807) is 12.1 Å². The summed E-state index contributed by atoms with van der Waals surface area (Å²) in [6, 6.07) is 16.2. The molecule has 0 spiro atoms. The Morgan fingerprint density at radius 3 is 2.14 bits per heavy atom. The summed E-state index contributed by atoms with van der Waals surface area (Å²) >= 11 is 0. The van der Waals surface area contributed by atoms with Crippen molar-refractivity contribution in [3.63, 3.8) is 0 Å². The molecule has 0 saturated carbocycles. The second kappa shape index (κ2) is 6.81. The van der Waals surface area contributed by atoms with Crippen LogP contribution >= 0.6 is 0 Å². The lowest BCUT2D eigenvalue weighted by atomic mass is 9.99. The van der Waals surface area contributed by atoms with Crippen molar-refractivity contribution in [1.82, 2.24) is 0 Å². The Hall–Kier alpha value is -2.46. The van der Waals surface area contributed by atoms with Crippen molar-refractivity contribution in [2.24, 2.45) is 5.73 Å². The van der Waals surface area contributed by atoms with Crippen LogP contribution in [0.2, 0.25) is 0 Å². The van der Waals surface area contributed by atoms with Crippen molar-refractivity contribution in [2.45, 2.75) is 12.5 Å². The summed E-state index contributed by atoms with van der Waals surface area (Å²) in [6.07, 6.45) is -0.115. The Morgan fingerprint density at radius 1 is 1.00 bits per heavy atom. The standard InChI is InChI=1S/C17H17NO3/c1-21-16(19)11-15(18)17(20)14-9-7-13(8-10-14)12-5-3-2-4-6-12/h2-10,15H,11,18H2,1H3. The lowest BCUT2D eigenvalue weighted by molar-refractivity contribution is -0.140. The van der Waals surface area contributed by atoms with Gasteiger partial charge in [-0.2, -0.15) is 0 Å². The summed E-state index contributed by atoms with van der Waals surface area (Å²) in [6.45, 7) is 0. The molecule has 2 N–H and O–H groups in total. The van der Waals surface area contributed by atoms with Crippen molar-refractivity contribution in [2.75, 3.05) is 7.11 Å². The highest BCUT2D eigenvalue weighted by Crippen LogP contribution is 2.19. The van der Waals surface area contributed by atoms with Crippen LogP contribution in [-0.4, -0.2) is 24.9 Å². The van der Waals surface area contributed by atoms with Crippen LogP contribution < -0.4 is 5.73 Å². The molecule has 0 aliphatic heterocycles. The molecule has 0 bridgehead atoms. The number of carbonyl (C=O) groups excluding carboxylic acids is 2. The first kappa shape index (κ1) is 14.9. The first-order valence-electron chi connectivity index (χ1n) is 6.64. The largest absolute Gasteiger partial charge is 0.469 e. The number of rotatable bonds is 5. The molecule has 2 rings (SSSR count). The average molecular weight is 283 g/mol. The Bertz CT molecular complexity index is 620.